The molecule has 0 amide bonds. The zero-order chi connectivity index (χ0) is 31.6. The van der Waals surface area contributed by atoms with Crippen LogP contribution in [0.3, 0.4) is 0 Å². The maximum absolute atomic E-state index is 6.23. The molecule has 10 aromatic rings. The minimum atomic E-state index is 0.610. The molecule has 0 aliphatic rings. The van der Waals surface area contributed by atoms with Gasteiger partial charge >= 0.3 is 0 Å². The van der Waals surface area contributed by atoms with E-state index in [1.165, 1.54) is 31.3 Å². The second-order valence-electron chi connectivity index (χ2n) is 12.0. The van der Waals surface area contributed by atoms with Crippen LogP contribution in [0.25, 0.3) is 98.2 Å². The van der Waals surface area contributed by atoms with Crippen LogP contribution in [0, 0.1) is 0 Å². The minimum absolute atomic E-state index is 0.610. The molecular weight excluding hydrogens is 607 g/mol. The van der Waals surface area contributed by atoms with Crippen molar-refractivity contribution in [1.82, 2.24) is 15.0 Å². The lowest BCUT2D eigenvalue weighted by Gasteiger charge is -2.13. The monoisotopic (exact) mass is 631 g/mol. The predicted octanol–water partition coefficient (Wildman–Crippen LogP) is 12.0. The van der Waals surface area contributed by atoms with Crippen LogP contribution in [0.2, 0.25) is 0 Å². The second kappa shape index (κ2) is 10.7. The van der Waals surface area contributed by atoms with Crippen molar-refractivity contribution >= 4 is 64.2 Å². The van der Waals surface area contributed by atoms with E-state index < -0.39 is 0 Å². The summed E-state index contributed by atoms with van der Waals surface area (Å²) < 4.78 is 8.84. The van der Waals surface area contributed by atoms with Crippen molar-refractivity contribution < 1.29 is 4.42 Å². The minimum Gasteiger partial charge on any atom is -0.456 e. The molecule has 0 aliphatic carbocycles. The molecule has 10 rings (SSSR count). The summed E-state index contributed by atoms with van der Waals surface area (Å²) in [6, 6.07) is 52.7. The average Bonchev–Trinajstić information content (AvgIpc) is 3.73. The normalized spacial score (nSPS) is 11.8. The Balaban J connectivity index is 1.20. The number of fused-ring (bicyclic) bond motifs is 7. The summed E-state index contributed by atoms with van der Waals surface area (Å²) in [4.78, 5) is 15.4. The van der Waals surface area contributed by atoms with Gasteiger partial charge in [-0.25, -0.2) is 15.0 Å². The molecule has 0 fully saturated rings. The fourth-order valence-corrected chi connectivity index (χ4v) is 8.03. The maximum Gasteiger partial charge on any atom is 0.164 e. The van der Waals surface area contributed by atoms with Gasteiger partial charge in [0.1, 0.15) is 11.2 Å². The summed E-state index contributed by atoms with van der Waals surface area (Å²) in [6.07, 6.45) is 0. The number of benzene rings is 7. The van der Waals surface area contributed by atoms with E-state index >= 15 is 0 Å². The number of thiophene rings is 1. The molecule has 48 heavy (non-hydrogen) atoms. The molecule has 0 saturated carbocycles. The molecule has 224 valence electrons. The van der Waals surface area contributed by atoms with Crippen molar-refractivity contribution in [2.75, 3.05) is 0 Å². The van der Waals surface area contributed by atoms with Gasteiger partial charge in [-0.1, -0.05) is 121 Å². The Kier molecular flexibility index (Phi) is 6.01. The summed E-state index contributed by atoms with van der Waals surface area (Å²) in [5, 5.41) is 6.87. The molecule has 7 aromatic carbocycles. The SMILES string of the molecule is c1ccc(-c2nc(-c3cccc4c(-c5ccc6sc7ccccc7c6c5)cccc34)nc(-c3cccc4oc5ccccc5c34)n2)cc1. The molecule has 0 atom stereocenters. The Morgan fingerprint density at radius 3 is 1.85 bits per heavy atom. The Morgan fingerprint density at radius 1 is 0.375 bits per heavy atom. The van der Waals surface area contributed by atoms with Gasteiger partial charge in [0.25, 0.3) is 0 Å². The van der Waals surface area contributed by atoms with Gasteiger partial charge in [-0.05, 0) is 52.2 Å². The van der Waals surface area contributed by atoms with Crippen LogP contribution >= 0.6 is 11.3 Å². The fraction of sp³-hybridized carbons (Fsp3) is 0. The molecule has 5 heteroatoms. The summed E-state index contributed by atoms with van der Waals surface area (Å²) in [7, 11) is 0. The topological polar surface area (TPSA) is 51.8 Å². The number of para-hydroxylation sites is 1. The quantitative estimate of drug-likeness (QED) is 0.194. The third-order valence-electron chi connectivity index (χ3n) is 9.16. The summed E-state index contributed by atoms with van der Waals surface area (Å²) in [6.45, 7) is 0. The lowest BCUT2D eigenvalue weighted by molar-refractivity contribution is 0.669. The van der Waals surface area contributed by atoms with Crippen molar-refractivity contribution in [2.24, 2.45) is 0 Å². The van der Waals surface area contributed by atoms with Crippen molar-refractivity contribution in [1.29, 1.82) is 0 Å². The highest BCUT2D eigenvalue weighted by Crippen LogP contribution is 2.40. The standard InChI is InChI=1S/C43H25N3OS/c1-2-11-26(12-3-1)41-44-42(46-43(45-41)34-19-10-21-37-40(34)33-14-4-6-20-36(33)47-37)32-18-9-16-29-28(15-8-17-30(29)32)27-23-24-39-35(25-27)31-13-5-7-22-38(31)48-39/h1-25H. The molecule has 0 aliphatic heterocycles. The Morgan fingerprint density at radius 2 is 0.979 bits per heavy atom. The molecule has 0 spiro atoms. The van der Waals surface area contributed by atoms with Gasteiger partial charge in [0.2, 0.25) is 0 Å². The molecule has 0 bridgehead atoms. The van der Waals surface area contributed by atoms with Gasteiger partial charge in [0.15, 0.2) is 17.5 Å². The van der Waals surface area contributed by atoms with Gasteiger partial charge < -0.3 is 4.42 Å². The summed E-state index contributed by atoms with van der Waals surface area (Å²) in [5.74, 6) is 1.87. The average molecular weight is 632 g/mol. The zero-order valence-corrected chi connectivity index (χ0v) is 26.4. The first kappa shape index (κ1) is 27.0. The first-order chi connectivity index (χ1) is 23.8. The Bertz CT molecular complexity index is 2850. The lowest BCUT2D eigenvalue weighted by atomic mass is 9.94. The highest BCUT2D eigenvalue weighted by atomic mass is 32.1. The van der Waals surface area contributed by atoms with Gasteiger partial charge in [-0.3, -0.25) is 0 Å². The van der Waals surface area contributed by atoms with Crippen molar-refractivity contribution in [2.45, 2.75) is 0 Å². The number of nitrogens with zero attached hydrogens (tertiary/aromatic N) is 3. The lowest BCUT2D eigenvalue weighted by Crippen LogP contribution is -2.01. The maximum atomic E-state index is 6.23. The third-order valence-corrected chi connectivity index (χ3v) is 10.3. The van der Waals surface area contributed by atoms with Crippen LogP contribution in [0.5, 0.6) is 0 Å². The molecule has 0 radical (unpaired) electrons. The number of hydrogen-bond donors (Lipinski definition) is 0. The molecular formula is C43H25N3OS. The van der Waals surface area contributed by atoms with Crippen molar-refractivity contribution in [3.8, 4) is 45.3 Å². The first-order valence-corrected chi connectivity index (χ1v) is 16.8. The van der Waals surface area contributed by atoms with Gasteiger partial charge in [-0.15, -0.1) is 11.3 Å². The summed E-state index contributed by atoms with van der Waals surface area (Å²) in [5.41, 5.74) is 6.82. The number of aromatic nitrogens is 3. The largest absolute Gasteiger partial charge is 0.456 e. The van der Waals surface area contributed by atoms with Crippen LogP contribution in [-0.2, 0) is 0 Å². The Hall–Kier alpha value is -6.17. The van der Waals surface area contributed by atoms with E-state index in [1.807, 2.05) is 72.0 Å². The molecule has 0 N–H and O–H groups in total. The third kappa shape index (κ3) is 4.25. The molecule has 0 unspecified atom stereocenters. The fourth-order valence-electron chi connectivity index (χ4n) is 6.94. The van der Waals surface area contributed by atoms with Crippen molar-refractivity contribution in [3.63, 3.8) is 0 Å². The van der Waals surface area contributed by atoms with Crippen LogP contribution in [0.4, 0.5) is 0 Å². The van der Waals surface area contributed by atoms with E-state index in [0.717, 1.165) is 49.4 Å². The highest BCUT2D eigenvalue weighted by molar-refractivity contribution is 7.25. The van der Waals surface area contributed by atoms with Crippen molar-refractivity contribution in [3.05, 3.63) is 152 Å². The van der Waals surface area contributed by atoms with E-state index in [1.54, 1.807) is 0 Å². The molecule has 3 aromatic heterocycles. The van der Waals surface area contributed by atoms with Crippen LogP contribution in [0.15, 0.2) is 156 Å². The summed E-state index contributed by atoms with van der Waals surface area (Å²) >= 11 is 1.84. The second-order valence-corrected chi connectivity index (χ2v) is 13.0. The first-order valence-electron chi connectivity index (χ1n) is 15.9. The zero-order valence-electron chi connectivity index (χ0n) is 25.6. The van der Waals surface area contributed by atoms with Gasteiger partial charge in [-0.2, -0.15) is 0 Å². The molecule has 0 saturated heterocycles. The smallest absolute Gasteiger partial charge is 0.164 e. The van der Waals surface area contributed by atoms with E-state index in [4.69, 9.17) is 19.4 Å². The molecule has 4 nitrogen and oxygen atoms in total. The van der Waals surface area contributed by atoms with E-state index in [9.17, 15) is 0 Å². The number of furan rings is 1. The van der Waals surface area contributed by atoms with Crippen LogP contribution in [0.1, 0.15) is 0 Å². The highest BCUT2D eigenvalue weighted by Gasteiger charge is 2.19. The van der Waals surface area contributed by atoms with Gasteiger partial charge in [0, 0.05) is 47.6 Å². The number of hydrogen-bond acceptors (Lipinski definition) is 5. The number of rotatable bonds is 4. The van der Waals surface area contributed by atoms with Crippen LogP contribution in [-0.4, -0.2) is 15.0 Å². The Labute approximate surface area is 279 Å². The van der Waals surface area contributed by atoms with Gasteiger partial charge in [0.05, 0.1) is 0 Å². The van der Waals surface area contributed by atoms with E-state index in [2.05, 4.69) is 91.0 Å². The van der Waals surface area contributed by atoms with E-state index in [-0.39, 0.29) is 0 Å². The van der Waals surface area contributed by atoms with E-state index in [0.29, 0.717) is 17.5 Å². The van der Waals surface area contributed by atoms with Crippen LogP contribution < -0.4 is 0 Å². The molecule has 3 heterocycles. The predicted molar refractivity (Wildman–Crippen MR) is 199 cm³/mol.